The Balaban J connectivity index is 1.56. The van der Waals surface area contributed by atoms with Crippen molar-refractivity contribution < 1.29 is 13.9 Å². The zero-order valence-electron chi connectivity index (χ0n) is 16.5. The molecule has 160 valence electrons. The average Bonchev–Trinajstić information content (AvgIpc) is 2.81. The number of anilines is 3. The summed E-state index contributed by atoms with van der Waals surface area (Å²) in [6.07, 6.45) is 1.56. The molecule has 0 atom stereocenters. The molecule has 0 saturated carbocycles. The van der Waals surface area contributed by atoms with E-state index in [4.69, 9.17) is 16.3 Å². The molecule has 3 heterocycles. The second-order valence-corrected chi connectivity index (χ2v) is 7.20. The van der Waals surface area contributed by atoms with Crippen LogP contribution in [0.3, 0.4) is 0 Å². The third-order valence-electron chi connectivity index (χ3n) is 4.58. The fourth-order valence-corrected chi connectivity index (χ4v) is 3.14. The molecule has 1 fully saturated rings. The number of nitrogens with zero attached hydrogens (tertiary/aromatic N) is 4. The van der Waals surface area contributed by atoms with Crippen LogP contribution in [0.2, 0.25) is 5.02 Å². The first-order chi connectivity index (χ1) is 15.1. The fraction of sp³-hybridized carbons (Fsp3) is 0.238. The van der Waals surface area contributed by atoms with Gasteiger partial charge in [-0.3, -0.25) is 9.78 Å². The van der Waals surface area contributed by atoms with E-state index in [1.54, 1.807) is 36.5 Å². The van der Waals surface area contributed by atoms with Crippen LogP contribution in [0.15, 0.2) is 48.7 Å². The van der Waals surface area contributed by atoms with E-state index < -0.39 is 5.82 Å². The number of benzene rings is 1. The predicted molar refractivity (Wildman–Crippen MR) is 115 cm³/mol. The van der Waals surface area contributed by atoms with Gasteiger partial charge >= 0.3 is 0 Å². The van der Waals surface area contributed by atoms with Gasteiger partial charge in [-0.2, -0.15) is 4.98 Å². The second kappa shape index (κ2) is 9.67. The Kier molecular flexibility index (Phi) is 6.54. The molecule has 0 unspecified atom stereocenters. The van der Waals surface area contributed by atoms with Crippen LogP contribution in [0.25, 0.3) is 0 Å². The third-order valence-corrected chi connectivity index (χ3v) is 4.89. The van der Waals surface area contributed by atoms with Crippen LogP contribution >= 0.6 is 11.6 Å². The summed E-state index contributed by atoms with van der Waals surface area (Å²) in [4.78, 5) is 27.5. The minimum Gasteiger partial charge on any atom is -0.378 e. The topological polar surface area (TPSA) is 92.3 Å². The Morgan fingerprint density at radius 2 is 2.00 bits per heavy atom. The van der Waals surface area contributed by atoms with Crippen LogP contribution in [0.5, 0.6) is 0 Å². The van der Waals surface area contributed by atoms with E-state index in [-0.39, 0.29) is 17.5 Å². The first-order valence-electron chi connectivity index (χ1n) is 9.70. The van der Waals surface area contributed by atoms with Crippen molar-refractivity contribution in [3.8, 4) is 0 Å². The van der Waals surface area contributed by atoms with E-state index in [1.807, 2.05) is 4.90 Å². The van der Waals surface area contributed by atoms with Crippen molar-refractivity contribution in [2.24, 2.45) is 0 Å². The van der Waals surface area contributed by atoms with Gasteiger partial charge < -0.3 is 20.3 Å². The van der Waals surface area contributed by atoms with Crippen LogP contribution in [-0.4, -0.2) is 47.2 Å². The van der Waals surface area contributed by atoms with Crippen LogP contribution in [0.4, 0.5) is 21.8 Å². The molecule has 3 aromatic rings. The Bertz CT molecular complexity index is 1060. The molecule has 0 aliphatic carbocycles. The van der Waals surface area contributed by atoms with Crippen molar-refractivity contribution in [3.63, 3.8) is 0 Å². The van der Waals surface area contributed by atoms with Crippen LogP contribution < -0.4 is 15.5 Å². The number of ether oxygens (including phenoxy) is 1. The molecule has 0 spiro atoms. The highest BCUT2D eigenvalue weighted by atomic mass is 35.5. The van der Waals surface area contributed by atoms with Crippen LogP contribution in [0.1, 0.15) is 16.2 Å². The number of carbonyl (C=O) groups is 1. The maximum atomic E-state index is 13.8. The molecule has 1 aromatic carbocycles. The summed E-state index contributed by atoms with van der Waals surface area (Å²) in [6, 6.07) is 11.2. The zero-order chi connectivity index (χ0) is 21.6. The highest BCUT2D eigenvalue weighted by molar-refractivity contribution is 6.30. The van der Waals surface area contributed by atoms with Crippen LogP contribution in [-0.2, 0) is 11.3 Å². The van der Waals surface area contributed by atoms with Gasteiger partial charge in [0.1, 0.15) is 17.3 Å². The number of morpholine rings is 1. The number of amides is 1. The number of hydrogen-bond donors (Lipinski definition) is 2. The maximum absolute atomic E-state index is 13.8. The Labute approximate surface area is 183 Å². The monoisotopic (exact) mass is 442 g/mol. The van der Waals surface area contributed by atoms with E-state index in [9.17, 15) is 9.18 Å². The number of carbonyl (C=O) groups excluding carboxylic acids is 1. The smallest absolute Gasteiger partial charge is 0.270 e. The predicted octanol–water partition coefficient (Wildman–Crippen LogP) is 3.17. The Hall–Kier alpha value is -3.30. The van der Waals surface area contributed by atoms with Crippen molar-refractivity contribution in [3.05, 3.63) is 70.9 Å². The molecule has 4 rings (SSSR count). The van der Waals surface area contributed by atoms with Gasteiger partial charge in [-0.05, 0) is 30.3 Å². The lowest BCUT2D eigenvalue weighted by Gasteiger charge is -2.27. The van der Waals surface area contributed by atoms with E-state index in [1.165, 1.54) is 12.1 Å². The number of hydrogen-bond acceptors (Lipinski definition) is 7. The lowest BCUT2D eigenvalue weighted by Crippen LogP contribution is -2.37. The van der Waals surface area contributed by atoms with Gasteiger partial charge in [-0.1, -0.05) is 17.7 Å². The Morgan fingerprint density at radius 1 is 1.16 bits per heavy atom. The molecule has 1 amide bonds. The molecule has 1 aliphatic heterocycles. The molecule has 0 bridgehead atoms. The maximum Gasteiger partial charge on any atom is 0.270 e. The lowest BCUT2D eigenvalue weighted by molar-refractivity contribution is 0.0945. The quantitative estimate of drug-likeness (QED) is 0.605. The molecule has 2 aromatic heterocycles. The lowest BCUT2D eigenvalue weighted by atomic mass is 10.3. The summed E-state index contributed by atoms with van der Waals surface area (Å²) in [5.74, 6) is 0.142. The molecule has 1 saturated heterocycles. The molecular weight excluding hydrogens is 423 g/mol. The first kappa shape index (κ1) is 21.0. The Morgan fingerprint density at radius 3 is 2.74 bits per heavy atom. The summed E-state index contributed by atoms with van der Waals surface area (Å²) in [5.41, 5.74) is 1.41. The van der Waals surface area contributed by atoms with Crippen molar-refractivity contribution in [1.82, 2.24) is 20.3 Å². The van der Waals surface area contributed by atoms with Gasteiger partial charge in [0.05, 0.1) is 30.5 Å². The van der Waals surface area contributed by atoms with Gasteiger partial charge in [0, 0.05) is 31.0 Å². The standard InChI is InChI=1S/C21H20ClFN6O2/c22-16-5-4-14(11-17(16)23)26-19-12-15(13-25-20(30)18-3-1-2-6-24-18)27-21(28-19)29-7-9-31-10-8-29/h1-6,11-12H,7-10,13H2,(H,25,30)(H,26,27,28). The number of aromatic nitrogens is 3. The second-order valence-electron chi connectivity index (χ2n) is 6.80. The summed E-state index contributed by atoms with van der Waals surface area (Å²) < 4.78 is 19.2. The largest absolute Gasteiger partial charge is 0.378 e. The first-order valence-corrected chi connectivity index (χ1v) is 10.1. The summed E-state index contributed by atoms with van der Waals surface area (Å²) in [6.45, 7) is 2.64. The highest BCUT2D eigenvalue weighted by Crippen LogP contribution is 2.23. The summed E-state index contributed by atoms with van der Waals surface area (Å²) >= 11 is 5.76. The number of pyridine rings is 1. The van der Waals surface area contributed by atoms with E-state index in [0.717, 1.165) is 0 Å². The van der Waals surface area contributed by atoms with E-state index in [2.05, 4.69) is 25.6 Å². The van der Waals surface area contributed by atoms with Crippen molar-refractivity contribution in [2.75, 3.05) is 36.5 Å². The SMILES string of the molecule is O=C(NCc1cc(Nc2ccc(Cl)c(F)c2)nc(N2CCOCC2)n1)c1ccccn1. The minimum atomic E-state index is -0.531. The van der Waals surface area contributed by atoms with Crippen molar-refractivity contribution >= 4 is 35.0 Å². The summed E-state index contributed by atoms with van der Waals surface area (Å²) in [7, 11) is 0. The number of nitrogens with one attached hydrogen (secondary N) is 2. The van der Waals surface area contributed by atoms with Gasteiger partial charge in [0.15, 0.2) is 0 Å². The van der Waals surface area contributed by atoms with Gasteiger partial charge in [-0.25, -0.2) is 9.37 Å². The average molecular weight is 443 g/mol. The normalized spacial score (nSPS) is 13.7. The number of rotatable bonds is 6. The van der Waals surface area contributed by atoms with Crippen molar-refractivity contribution in [2.45, 2.75) is 6.54 Å². The van der Waals surface area contributed by atoms with Gasteiger partial charge in [0.25, 0.3) is 5.91 Å². The van der Waals surface area contributed by atoms with E-state index in [0.29, 0.717) is 55.1 Å². The van der Waals surface area contributed by atoms with Crippen molar-refractivity contribution in [1.29, 1.82) is 0 Å². The van der Waals surface area contributed by atoms with Crippen LogP contribution in [0, 0.1) is 5.82 Å². The molecular formula is C21H20ClFN6O2. The zero-order valence-corrected chi connectivity index (χ0v) is 17.3. The molecule has 31 heavy (non-hydrogen) atoms. The molecule has 2 N–H and O–H groups in total. The van der Waals surface area contributed by atoms with E-state index >= 15 is 0 Å². The molecule has 10 heteroatoms. The molecule has 0 radical (unpaired) electrons. The highest BCUT2D eigenvalue weighted by Gasteiger charge is 2.17. The fourth-order valence-electron chi connectivity index (χ4n) is 3.02. The van der Waals surface area contributed by atoms with Gasteiger partial charge in [0.2, 0.25) is 5.95 Å². The molecule has 1 aliphatic rings. The number of halogens is 2. The minimum absolute atomic E-state index is 0.0418. The van der Waals surface area contributed by atoms with Gasteiger partial charge in [-0.15, -0.1) is 0 Å². The summed E-state index contributed by atoms with van der Waals surface area (Å²) in [5, 5.41) is 5.93. The third kappa shape index (κ3) is 5.44. The molecule has 8 nitrogen and oxygen atoms in total.